The quantitative estimate of drug-likeness (QED) is 0.309. The van der Waals surface area contributed by atoms with Crippen molar-refractivity contribution in [2.45, 2.75) is 103 Å². The third-order valence-electron chi connectivity index (χ3n) is 10.8. The first kappa shape index (κ1) is 21.0. The van der Waals surface area contributed by atoms with Gasteiger partial charge in [0, 0.05) is 5.41 Å². The second-order valence-corrected chi connectivity index (χ2v) is 12.8. The van der Waals surface area contributed by atoms with E-state index in [-0.39, 0.29) is 16.9 Å². The predicted octanol–water partition coefficient (Wildman–Crippen LogP) is 6.19. The molecule has 0 aromatic rings. The molecule has 1 spiro atoms. The molecule has 0 radical (unpaired) electrons. The summed E-state index contributed by atoms with van der Waals surface area (Å²) in [7, 11) is 0. The normalized spacial score (nSPS) is 50.9. The first-order valence-corrected chi connectivity index (χ1v) is 13.8. The number of nitrogens with zero attached hydrogens (tertiary/aromatic N) is 1. The van der Waals surface area contributed by atoms with Crippen molar-refractivity contribution in [3.05, 3.63) is 0 Å². The van der Waals surface area contributed by atoms with Gasteiger partial charge < -0.3 is 9.64 Å². The molecule has 1 aliphatic heterocycles. The Hall–Kier alpha value is 0.160. The number of rotatable bonds is 1. The van der Waals surface area contributed by atoms with Crippen LogP contribution in [0.4, 0.5) is 0 Å². The predicted molar refractivity (Wildman–Crippen MR) is 125 cm³/mol. The van der Waals surface area contributed by atoms with Gasteiger partial charge in [0.25, 0.3) is 0 Å². The average Bonchev–Trinajstić information content (AvgIpc) is 3.13. The lowest BCUT2D eigenvalue weighted by Gasteiger charge is -2.61. The Morgan fingerprint density at radius 2 is 1.72 bits per heavy atom. The van der Waals surface area contributed by atoms with Crippen molar-refractivity contribution in [1.82, 2.24) is 4.90 Å². The SMILES string of the molecule is CC1(C)O[C@]2(CC[C@H]3[C@@H]4CC[C@H]5CCCC[C@]5(C)[C@H]4CC[C@@]32C)CN1C(=O)CI. The smallest absolute Gasteiger partial charge is 0.234 e. The highest BCUT2D eigenvalue weighted by atomic mass is 127. The minimum absolute atomic E-state index is 0.127. The molecule has 0 aromatic carbocycles. The van der Waals surface area contributed by atoms with Gasteiger partial charge in [0.15, 0.2) is 0 Å². The maximum absolute atomic E-state index is 12.7. The maximum Gasteiger partial charge on any atom is 0.234 e. The molecule has 0 bridgehead atoms. The molecule has 1 saturated heterocycles. The summed E-state index contributed by atoms with van der Waals surface area (Å²) in [6.45, 7) is 10.2. The van der Waals surface area contributed by atoms with E-state index in [4.69, 9.17) is 4.74 Å². The number of carbonyl (C=O) groups is 1. The van der Waals surface area contributed by atoms with Crippen molar-refractivity contribution in [1.29, 1.82) is 0 Å². The van der Waals surface area contributed by atoms with Crippen LogP contribution in [0.5, 0.6) is 0 Å². The standard InChI is InChI=1S/C25H40INO2/c1-22(2)27(21(28)15-26)16-25(29-22)14-11-20-18-9-8-17-7-5-6-12-23(17,3)19(18)10-13-24(20,25)4/h17-20H,5-16H2,1-4H3/t17-,18-,19+,20+,23+,24+,25-/m1/s1. The summed E-state index contributed by atoms with van der Waals surface area (Å²) in [6, 6.07) is 0. The van der Waals surface area contributed by atoms with Crippen LogP contribution in [0.1, 0.15) is 91.9 Å². The van der Waals surface area contributed by atoms with Gasteiger partial charge in [-0.05, 0) is 94.3 Å². The molecule has 4 heteroatoms. The Balaban J connectivity index is 1.45. The van der Waals surface area contributed by atoms with E-state index in [1.54, 1.807) is 0 Å². The summed E-state index contributed by atoms with van der Waals surface area (Å²) in [5, 5.41) is 0. The summed E-state index contributed by atoms with van der Waals surface area (Å²) in [5.74, 6) is 3.82. The lowest BCUT2D eigenvalue weighted by molar-refractivity contribution is -0.188. The number of halogens is 1. The van der Waals surface area contributed by atoms with Crippen LogP contribution in [-0.4, -0.2) is 33.1 Å². The second kappa shape index (κ2) is 6.83. The van der Waals surface area contributed by atoms with Crippen LogP contribution in [0.25, 0.3) is 0 Å². The van der Waals surface area contributed by atoms with E-state index in [1.807, 2.05) is 0 Å². The molecule has 0 aromatic heterocycles. The van der Waals surface area contributed by atoms with Crippen molar-refractivity contribution < 1.29 is 9.53 Å². The minimum atomic E-state index is -0.468. The molecule has 5 rings (SSSR count). The van der Waals surface area contributed by atoms with Crippen LogP contribution in [0.15, 0.2) is 0 Å². The minimum Gasteiger partial charge on any atom is -0.347 e. The number of fused-ring (bicyclic) bond motifs is 6. The number of carbonyl (C=O) groups excluding carboxylic acids is 1. The van der Waals surface area contributed by atoms with Crippen molar-refractivity contribution in [3.63, 3.8) is 0 Å². The van der Waals surface area contributed by atoms with Crippen LogP contribution < -0.4 is 0 Å². The molecule has 4 saturated carbocycles. The highest BCUT2D eigenvalue weighted by Gasteiger charge is 2.69. The van der Waals surface area contributed by atoms with E-state index in [2.05, 4.69) is 55.2 Å². The zero-order valence-corrected chi connectivity index (χ0v) is 21.1. The Labute approximate surface area is 191 Å². The largest absolute Gasteiger partial charge is 0.347 e. The van der Waals surface area contributed by atoms with Gasteiger partial charge in [0.05, 0.1) is 16.6 Å². The van der Waals surface area contributed by atoms with Crippen molar-refractivity contribution >= 4 is 28.5 Å². The van der Waals surface area contributed by atoms with E-state index >= 15 is 0 Å². The van der Waals surface area contributed by atoms with E-state index in [0.29, 0.717) is 9.84 Å². The number of ether oxygens (including phenoxy) is 1. The monoisotopic (exact) mass is 513 g/mol. The van der Waals surface area contributed by atoms with Crippen molar-refractivity contribution in [3.8, 4) is 0 Å². The van der Waals surface area contributed by atoms with Crippen LogP contribution in [-0.2, 0) is 9.53 Å². The molecule has 4 aliphatic carbocycles. The molecular weight excluding hydrogens is 473 g/mol. The van der Waals surface area contributed by atoms with Crippen molar-refractivity contribution in [2.24, 2.45) is 34.5 Å². The van der Waals surface area contributed by atoms with E-state index in [9.17, 15) is 4.79 Å². The summed E-state index contributed by atoms with van der Waals surface area (Å²) in [5.41, 5.74) is 0.225. The van der Waals surface area contributed by atoms with Gasteiger partial charge in [-0.1, -0.05) is 49.3 Å². The van der Waals surface area contributed by atoms with Crippen LogP contribution >= 0.6 is 22.6 Å². The molecule has 7 atom stereocenters. The van der Waals surface area contributed by atoms with Crippen LogP contribution in [0.3, 0.4) is 0 Å². The molecule has 0 N–H and O–H groups in total. The number of hydrogen-bond donors (Lipinski definition) is 0. The Morgan fingerprint density at radius 3 is 2.48 bits per heavy atom. The molecule has 164 valence electrons. The van der Waals surface area contributed by atoms with E-state index in [0.717, 1.165) is 36.6 Å². The lowest BCUT2D eigenvalue weighted by atomic mass is 9.44. The van der Waals surface area contributed by atoms with Gasteiger partial charge in [-0.15, -0.1) is 0 Å². The zero-order chi connectivity index (χ0) is 20.7. The van der Waals surface area contributed by atoms with Crippen LogP contribution in [0.2, 0.25) is 0 Å². The van der Waals surface area contributed by atoms with Gasteiger partial charge in [-0.2, -0.15) is 0 Å². The topological polar surface area (TPSA) is 29.5 Å². The average molecular weight is 514 g/mol. The summed E-state index contributed by atoms with van der Waals surface area (Å²) in [4.78, 5) is 14.8. The molecule has 5 aliphatic rings. The lowest BCUT2D eigenvalue weighted by Crippen LogP contribution is -2.57. The maximum atomic E-state index is 12.7. The fraction of sp³-hybridized carbons (Fsp3) is 0.960. The van der Waals surface area contributed by atoms with Gasteiger partial charge >= 0.3 is 0 Å². The van der Waals surface area contributed by atoms with E-state index < -0.39 is 5.72 Å². The zero-order valence-electron chi connectivity index (χ0n) is 18.9. The number of amides is 1. The molecule has 5 fully saturated rings. The Kier molecular flexibility index (Phi) is 4.95. The first-order valence-electron chi connectivity index (χ1n) is 12.2. The highest BCUT2D eigenvalue weighted by Crippen LogP contribution is 2.70. The summed E-state index contributed by atoms with van der Waals surface area (Å²) >= 11 is 2.21. The Morgan fingerprint density at radius 1 is 0.966 bits per heavy atom. The number of alkyl halides is 1. The third kappa shape index (κ3) is 2.79. The second-order valence-electron chi connectivity index (χ2n) is 12.1. The molecule has 29 heavy (non-hydrogen) atoms. The van der Waals surface area contributed by atoms with E-state index in [1.165, 1.54) is 57.8 Å². The molecule has 1 heterocycles. The fourth-order valence-corrected chi connectivity index (χ4v) is 9.70. The highest BCUT2D eigenvalue weighted by molar-refractivity contribution is 14.1. The van der Waals surface area contributed by atoms with Crippen molar-refractivity contribution in [2.75, 3.05) is 11.0 Å². The summed E-state index contributed by atoms with van der Waals surface area (Å²) < 4.78 is 7.47. The molecular formula is C25H40INO2. The van der Waals surface area contributed by atoms with Crippen LogP contribution in [0, 0.1) is 34.5 Å². The van der Waals surface area contributed by atoms with Gasteiger partial charge in [-0.25, -0.2) is 0 Å². The van der Waals surface area contributed by atoms with Gasteiger partial charge in [0.2, 0.25) is 5.91 Å². The Bertz CT molecular complexity index is 694. The first-order chi connectivity index (χ1) is 13.7. The van der Waals surface area contributed by atoms with Gasteiger partial charge in [0.1, 0.15) is 5.72 Å². The fourth-order valence-electron chi connectivity index (χ4n) is 9.29. The third-order valence-corrected chi connectivity index (χ3v) is 11.4. The molecule has 0 unspecified atom stereocenters. The molecule has 1 amide bonds. The summed E-state index contributed by atoms with van der Waals surface area (Å²) in [6.07, 6.45) is 13.9. The molecule has 3 nitrogen and oxygen atoms in total. The van der Waals surface area contributed by atoms with Gasteiger partial charge in [-0.3, -0.25) is 4.79 Å². The number of hydrogen-bond acceptors (Lipinski definition) is 2.